The molecule has 3 aromatic rings. The zero-order valence-corrected chi connectivity index (χ0v) is 22.2. The van der Waals surface area contributed by atoms with Crippen molar-refractivity contribution in [1.29, 1.82) is 0 Å². The molecule has 12 nitrogen and oxygen atoms in total. The standard InChI is InChI=1S/C24H32N7O5P/c1-30(2)22(32)15-35-37(34,36-16-23(33)31(3)4)17-25-21(24-26-28-29-27-24)14-18-10-12-20(13-11-18)19-8-6-5-7-9-19/h5-13,21,25H,14-17H2,1-4H3,(H,26,27,28,29)/t21-/m0/s1. The molecule has 0 saturated heterocycles. The lowest BCUT2D eigenvalue weighted by molar-refractivity contribution is -0.131. The van der Waals surface area contributed by atoms with E-state index in [0.29, 0.717) is 12.2 Å². The third kappa shape index (κ3) is 8.57. The molecule has 13 heteroatoms. The normalized spacial score (nSPS) is 12.2. The van der Waals surface area contributed by atoms with Gasteiger partial charge in [0.25, 0.3) is 0 Å². The van der Waals surface area contributed by atoms with E-state index in [1.54, 1.807) is 28.2 Å². The summed E-state index contributed by atoms with van der Waals surface area (Å²) in [6.45, 7) is -0.921. The molecule has 0 saturated carbocycles. The maximum absolute atomic E-state index is 13.5. The smallest absolute Gasteiger partial charge is 0.345 e. The minimum atomic E-state index is -3.90. The third-order valence-corrected chi connectivity index (χ3v) is 7.11. The highest BCUT2D eigenvalue weighted by molar-refractivity contribution is 7.53. The Bertz CT molecular complexity index is 1160. The summed E-state index contributed by atoms with van der Waals surface area (Å²) in [5.74, 6) is -0.359. The first-order valence-corrected chi connectivity index (χ1v) is 13.3. The molecule has 0 bridgehead atoms. The Labute approximate surface area is 215 Å². The summed E-state index contributed by atoms with van der Waals surface area (Å²) >= 11 is 0. The van der Waals surface area contributed by atoms with E-state index in [1.807, 2.05) is 54.6 Å². The Kier molecular flexibility index (Phi) is 10.0. The largest absolute Gasteiger partial charge is 0.347 e. The first-order valence-electron chi connectivity index (χ1n) is 11.6. The number of amides is 2. The molecule has 2 aromatic carbocycles. The minimum absolute atomic E-state index is 0.276. The zero-order chi connectivity index (χ0) is 26.8. The first kappa shape index (κ1) is 28.1. The number of aromatic amines is 1. The number of likely N-dealkylation sites (N-methyl/N-ethyl adjacent to an activating group) is 2. The summed E-state index contributed by atoms with van der Waals surface area (Å²) in [5, 5.41) is 17.2. The van der Waals surface area contributed by atoms with E-state index in [0.717, 1.165) is 16.7 Å². The van der Waals surface area contributed by atoms with Crippen molar-refractivity contribution in [2.24, 2.45) is 0 Å². The van der Waals surface area contributed by atoms with Crippen LogP contribution in [0.4, 0.5) is 0 Å². The number of carbonyl (C=O) groups is 2. The van der Waals surface area contributed by atoms with E-state index < -0.39 is 38.7 Å². The number of nitrogens with zero attached hydrogens (tertiary/aromatic N) is 5. The Morgan fingerprint density at radius 3 is 2.00 bits per heavy atom. The van der Waals surface area contributed by atoms with Gasteiger partial charge in [0.15, 0.2) is 5.82 Å². The van der Waals surface area contributed by atoms with Crippen molar-refractivity contribution >= 4 is 19.4 Å². The number of aromatic nitrogens is 4. The van der Waals surface area contributed by atoms with E-state index in [9.17, 15) is 14.2 Å². The second kappa shape index (κ2) is 13.2. The van der Waals surface area contributed by atoms with Crippen LogP contribution in [0, 0.1) is 0 Å². The zero-order valence-electron chi connectivity index (χ0n) is 21.3. The van der Waals surface area contributed by atoms with Gasteiger partial charge in [-0.3, -0.25) is 28.5 Å². The van der Waals surface area contributed by atoms with Crippen LogP contribution >= 0.6 is 7.60 Å². The van der Waals surface area contributed by atoms with Gasteiger partial charge in [0.2, 0.25) is 11.8 Å². The topological polar surface area (TPSA) is 143 Å². The number of rotatable bonds is 13. The molecule has 0 fully saturated rings. The first-order chi connectivity index (χ1) is 17.7. The summed E-state index contributed by atoms with van der Waals surface area (Å²) in [5.41, 5.74) is 3.17. The van der Waals surface area contributed by atoms with Crippen molar-refractivity contribution in [3.8, 4) is 11.1 Å². The van der Waals surface area contributed by atoms with Crippen LogP contribution in [-0.2, 0) is 29.6 Å². The average molecular weight is 530 g/mol. The third-order valence-electron chi connectivity index (χ3n) is 5.49. The highest BCUT2D eigenvalue weighted by Crippen LogP contribution is 2.47. The van der Waals surface area contributed by atoms with Gasteiger partial charge < -0.3 is 9.80 Å². The molecule has 198 valence electrons. The Morgan fingerprint density at radius 2 is 1.49 bits per heavy atom. The quantitative estimate of drug-likeness (QED) is 0.318. The van der Waals surface area contributed by atoms with E-state index >= 15 is 0 Å². The lowest BCUT2D eigenvalue weighted by atomic mass is 10.0. The van der Waals surface area contributed by atoms with E-state index in [1.165, 1.54) is 9.80 Å². The summed E-state index contributed by atoms with van der Waals surface area (Å²) in [6.07, 6.45) is 0.182. The molecule has 0 aliphatic heterocycles. The number of tetrazole rings is 1. The van der Waals surface area contributed by atoms with Gasteiger partial charge in [-0.2, -0.15) is 0 Å². The Balaban J connectivity index is 1.73. The molecule has 0 spiro atoms. The number of H-pyrrole nitrogens is 1. The van der Waals surface area contributed by atoms with Gasteiger partial charge in [-0.1, -0.05) is 54.6 Å². The van der Waals surface area contributed by atoms with Crippen molar-refractivity contribution in [3.05, 3.63) is 66.0 Å². The molecule has 2 amide bonds. The number of hydrogen-bond acceptors (Lipinski definition) is 9. The van der Waals surface area contributed by atoms with E-state index in [4.69, 9.17) is 9.05 Å². The molecule has 37 heavy (non-hydrogen) atoms. The highest BCUT2D eigenvalue weighted by Gasteiger charge is 2.30. The van der Waals surface area contributed by atoms with Crippen molar-refractivity contribution < 1.29 is 23.2 Å². The molecule has 0 aliphatic rings. The molecule has 0 aliphatic carbocycles. The van der Waals surface area contributed by atoms with Crippen LogP contribution in [0.2, 0.25) is 0 Å². The number of benzene rings is 2. The number of nitrogens with one attached hydrogen (secondary N) is 2. The molecule has 1 aromatic heterocycles. The Morgan fingerprint density at radius 1 is 0.919 bits per heavy atom. The lowest BCUT2D eigenvalue weighted by Gasteiger charge is -2.23. The van der Waals surface area contributed by atoms with Gasteiger partial charge in [0.1, 0.15) is 13.2 Å². The SMILES string of the molecule is CN(C)C(=O)COP(=O)(CN[C@@H](Cc1ccc(-c2ccccc2)cc1)c1nnn[nH]1)OCC(=O)N(C)C. The summed E-state index contributed by atoms with van der Waals surface area (Å²) < 4.78 is 24.3. The molecule has 2 N–H and O–H groups in total. The fourth-order valence-electron chi connectivity index (χ4n) is 3.20. The van der Waals surface area contributed by atoms with Crippen LogP contribution in [0.25, 0.3) is 11.1 Å². The molecule has 1 atom stereocenters. The maximum atomic E-state index is 13.5. The minimum Gasteiger partial charge on any atom is -0.347 e. The second-order valence-corrected chi connectivity index (χ2v) is 10.8. The van der Waals surface area contributed by atoms with Crippen molar-refractivity contribution in [2.75, 3.05) is 47.7 Å². The highest BCUT2D eigenvalue weighted by atomic mass is 31.2. The predicted molar refractivity (Wildman–Crippen MR) is 137 cm³/mol. The van der Waals surface area contributed by atoms with E-state index in [2.05, 4.69) is 25.9 Å². The van der Waals surface area contributed by atoms with Gasteiger partial charge in [0, 0.05) is 28.2 Å². The van der Waals surface area contributed by atoms with Crippen LogP contribution in [-0.4, -0.2) is 89.9 Å². The molecular formula is C24H32N7O5P. The monoisotopic (exact) mass is 529 g/mol. The van der Waals surface area contributed by atoms with Crippen LogP contribution in [0.3, 0.4) is 0 Å². The van der Waals surface area contributed by atoms with Crippen LogP contribution < -0.4 is 5.32 Å². The molecule has 0 radical (unpaired) electrons. The molecular weight excluding hydrogens is 497 g/mol. The summed E-state index contributed by atoms with van der Waals surface area (Å²) in [4.78, 5) is 26.7. The molecule has 1 heterocycles. The second-order valence-electron chi connectivity index (χ2n) is 8.70. The van der Waals surface area contributed by atoms with Gasteiger partial charge in [0.05, 0.1) is 12.3 Å². The molecule has 0 unspecified atom stereocenters. The van der Waals surface area contributed by atoms with Crippen LogP contribution in [0.1, 0.15) is 17.4 Å². The lowest BCUT2D eigenvalue weighted by Crippen LogP contribution is -2.31. The fraction of sp³-hybridized carbons (Fsp3) is 0.375. The van der Waals surface area contributed by atoms with Gasteiger partial charge in [-0.25, -0.2) is 5.10 Å². The fourth-order valence-corrected chi connectivity index (χ4v) is 4.51. The van der Waals surface area contributed by atoms with Crippen LogP contribution in [0.15, 0.2) is 54.6 Å². The van der Waals surface area contributed by atoms with Crippen LogP contribution in [0.5, 0.6) is 0 Å². The molecule has 3 rings (SSSR count). The van der Waals surface area contributed by atoms with Crippen molar-refractivity contribution in [3.63, 3.8) is 0 Å². The van der Waals surface area contributed by atoms with E-state index in [-0.39, 0.29) is 6.29 Å². The summed E-state index contributed by atoms with van der Waals surface area (Å²) in [6, 6.07) is 17.6. The maximum Gasteiger partial charge on any atom is 0.345 e. The summed E-state index contributed by atoms with van der Waals surface area (Å²) in [7, 11) is 2.32. The van der Waals surface area contributed by atoms with Gasteiger partial charge in [-0.05, 0) is 33.5 Å². The van der Waals surface area contributed by atoms with Gasteiger partial charge in [-0.15, -0.1) is 5.10 Å². The predicted octanol–water partition coefficient (Wildman–Crippen LogP) is 2.10. The van der Waals surface area contributed by atoms with Crippen molar-refractivity contribution in [1.82, 2.24) is 35.7 Å². The van der Waals surface area contributed by atoms with Crippen molar-refractivity contribution in [2.45, 2.75) is 12.5 Å². The Hall–Kier alpha value is -3.44. The average Bonchev–Trinajstić information content (AvgIpc) is 3.44. The number of carbonyl (C=O) groups excluding carboxylic acids is 2. The number of hydrogen-bond donors (Lipinski definition) is 2. The van der Waals surface area contributed by atoms with Gasteiger partial charge >= 0.3 is 7.60 Å².